The number of aryl methyl sites for hydroxylation is 1. The van der Waals surface area contributed by atoms with Crippen molar-refractivity contribution in [2.75, 3.05) is 5.32 Å². The number of nitrogens with zero attached hydrogens (tertiary/aromatic N) is 3. The number of hydrogen-bond acceptors (Lipinski definition) is 5. The highest BCUT2D eigenvalue weighted by molar-refractivity contribution is 7.17. The van der Waals surface area contributed by atoms with Crippen LogP contribution in [0.25, 0.3) is 33.1 Å². The van der Waals surface area contributed by atoms with Crippen LogP contribution in [0.15, 0.2) is 72.9 Å². The van der Waals surface area contributed by atoms with Crippen molar-refractivity contribution in [3.8, 4) is 22.1 Å². The number of rotatable bonds is 4. The molecule has 0 unspecified atom stereocenters. The van der Waals surface area contributed by atoms with Crippen LogP contribution in [0.3, 0.4) is 0 Å². The molecule has 0 aliphatic rings. The van der Waals surface area contributed by atoms with Gasteiger partial charge in [-0.05, 0) is 43.3 Å². The summed E-state index contributed by atoms with van der Waals surface area (Å²) in [4.78, 5) is 30.2. The van der Waals surface area contributed by atoms with Crippen LogP contribution in [-0.2, 0) is 0 Å². The molecular formula is C23H17N5OS. The van der Waals surface area contributed by atoms with Gasteiger partial charge in [-0.3, -0.25) is 9.78 Å². The maximum atomic E-state index is 12.9. The highest BCUT2D eigenvalue weighted by atomic mass is 32.1. The van der Waals surface area contributed by atoms with Gasteiger partial charge in [0.1, 0.15) is 15.7 Å². The number of aromatic amines is 1. The molecule has 0 spiro atoms. The van der Waals surface area contributed by atoms with Crippen LogP contribution in [0.1, 0.15) is 15.4 Å². The van der Waals surface area contributed by atoms with Gasteiger partial charge in [-0.1, -0.05) is 30.3 Å². The summed E-state index contributed by atoms with van der Waals surface area (Å²) in [6.45, 7) is 1.84. The second-order valence-electron chi connectivity index (χ2n) is 6.79. The van der Waals surface area contributed by atoms with Crippen LogP contribution >= 0.6 is 11.3 Å². The first-order chi connectivity index (χ1) is 14.7. The number of anilines is 1. The number of pyridine rings is 1. The topological polar surface area (TPSA) is 83.6 Å². The summed E-state index contributed by atoms with van der Waals surface area (Å²) in [7, 11) is 0. The Labute approximate surface area is 176 Å². The normalized spacial score (nSPS) is 11.0. The average molecular weight is 411 g/mol. The Morgan fingerprint density at radius 1 is 1.00 bits per heavy atom. The fourth-order valence-corrected chi connectivity index (χ4v) is 4.17. The lowest BCUT2D eigenvalue weighted by molar-refractivity contribution is 0.103. The van der Waals surface area contributed by atoms with E-state index >= 15 is 0 Å². The van der Waals surface area contributed by atoms with Gasteiger partial charge in [0, 0.05) is 17.4 Å². The molecule has 5 aromatic rings. The van der Waals surface area contributed by atoms with Crippen LogP contribution in [0.4, 0.5) is 5.69 Å². The Morgan fingerprint density at radius 2 is 1.87 bits per heavy atom. The molecule has 3 aromatic heterocycles. The first kappa shape index (κ1) is 18.2. The van der Waals surface area contributed by atoms with Crippen molar-refractivity contribution < 1.29 is 4.79 Å². The van der Waals surface area contributed by atoms with Gasteiger partial charge in [0.2, 0.25) is 0 Å². The molecule has 0 saturated carbocycles. The molecular weight excluding hydrogens is 394 g/mol. The number of nitrogens with one attached hydrogen (secondary N) is 2. The van der Waals surface area contributed by atoms with Crippen LogP contribution in [-0.4, -0.2) is 25.8 Å². The lowest BCUT2D eigenvalue weighted by atomic mass is 10.2. The molecule has 146 valence electrons. The van der Waals surface area contributed by atoms with Crippen LogP contribution in [0.5, 0.6) is 0 Å². The van der Waals surface area contributed by atoms with Crippen molar-refractivity contribution in [2.24, 2.45) is 0 Å². The SMILES string of the molecule is Cc1nc(-c2ccccn2)sc1C(=O)Nc1cccc(-c2nc3ccccc3[nH]2)c1. The quantitative estimate of drug-likeness (QED) is 0.420. The van der Waals surface area contributed by atoms with Gasteiger partial charge in [-0.2, -0.15) is 0 Å². The van der Waals surface area contributed by atoms with E-state index in [1.54, 1.807) is 6.20 Å². The lowest BCUT2D eigenvalue weighted by Gasteiger charge is -2.05. The molecule has 0 atom stereocenters. The molecule has 2 N–H and O–H groups in total. The molecule has 0 radical (unpaired) electrons. The zero-order chi connectivity index (χ0) is 20.5. The Morgan fingerprint density at radius 3 is 2.70 bits per heavy atom. The maximum Gasteiger partial charge on any atom is 0.267 e. The van der Waals surface area contributed by atoms with Crippen molar-refractivity contribution in [1.82, 2.24) is 19.9 Å². The van der Waals surface area contributed by atoms with Gasteiger partial charge in [0.15, 0.2) is 0 Å². The first-order valence-electron chi connectivity index (χ1n) is 9.43. The van der Waals surface area contributed by atoms with Gasteiger partial charge >= 0.3 is 0 Å². The summed E-state index contributed by atoms with van der Waals surface area (Å²) in [6.07, 6.45) is 1.72. The number of hydrogen-bond donors (Lipinski definition) is 2. The minimum Gasteiger partial charge on any atom is -0.338 e. The smallest absolute Gasteiger partial charge is 0.267 e. The van der Waals surface area contributed by atoms with E-state index in [-0.39, 0.29) is 5.91 Å². The van der Waals surface area contributed by atoms with Crippen molar-refractivity contribution in [3.63, 3.8) is 0 Å². The van der Waals surface area contributed by atoms with Crippen LogP contribution in [0.2, 0.25) is 0 Å². The second-order valence-corrected chi connectivity index (χ2v) is 7.79. The van der Waals surface area contributed by atoms with Gasteiger partial charge in [-0.15, -0.1) is 11.3 Å². The third-order valence-corrected chi connectivity index (χ3v) is 5.85. The number of H-pyrrole nitrogens is 1. The molecule has 1 amide bonds. The minimum absolute atomic E-state index is 0.186. The molecule has 3 heterocycles. The molecule has 5 rings (SSSR count). The fourth-order valence-electron chi connectivity index (χ4n) is 3.23. The number of para-hydroxylation sites is 2. The highest BCUT2D eigenvalue weighted by Gasteiger charge is 2.17. The Bertz CT molecular complexity index is 1320. The van der Waals surface area contributed by atoms with Gasteiger partial charge in [0.05, 0.1) is 22.4 Å². The molecule has 2 aromatic carbocycles. The molecule has 0 saturated heterocycles. The van der Waals surface area contributed by atoms with Gasteiger partial charge in [-0.25, -0.2) is 9.97 Å². The van der Waals surface area contributed by atoms with Crippen molar-refractivity contribution in [3.05, 3.63) is 83.5 Å². The number of amides is 1. The molecule has 6 nitrogen and oxygen atoms in total. The third kappa shape index (κ3) is 3.46. The number of carbonyl (C=O) groups is 1. The summed E-state index contributed by atoms with van der Waals surface area (Å²) in [6, 6.07) is 21.2. The second kappa shape index (κ2) is 7.53. The Balaban J connectivity index is 1.40. The molecule has 0 bridgehead atoms. The van der Waals surface area contributed by atoms with E-state index in [0.717, 1.165) is 33.1 Å². The lowest BCUT2D eigenvalue weighted by Crippen LogP contribution is -2.11. The summed E-state index contributed by atoms with van der Waals surface area (Å²) in [5.41, 5.74) is 4.93. The number of fused-ring (bicyclic) bond motifs is 1. The van der Waals surface area contributed by atoms with Crippen molar-refractivity contribution in [1.29, 1.82) is 0 Å². The summed E-state index contributed by atoms with van der Waals surface area (Å²) < 4.78 is 0. The van der Waals surface area contributed by atoms with Crippen LogP contribution in [0, 0.1) is 6.92 Å². The number of imidazole rings is 1. The average Bonchev–Trinajstić information content (AvgIpc) is 3.38. The largest absolute Gasteiger partial charge is 0.338 e. The fraction of sp³-hybridized carbons (Fsp3) is 0.0435. The number of benzene rings is 2. The molecule has 7 heteroatoms. The molecule has 0 aliphatic heterocycles. The summed E-state index contributed by atoms with van der Waals surface area (Å²) in [5.74, 6) is 0.577. The number of carbonyl (C=O) groups excluding carboxylic acids is 1. The van der Waals surface area contributed by atoms with E-state index in [1.807, 2.05) is 73.7 Å². The number of thiazole rings is 1. The minimum atomic E-state index is -0.186. The zero-order valence-corrected chi connectivity index (χ0v) is 16.9. The van der Waals surface area contributed by atoms with E-state index in [2.05, 4.69) is 25.3 Å². The number of aromatic nitrogens is 4. The molecule has 0 fully saturated rings. The molecule has 30 heavy (non-hydrogen) atoms. The Hall–Kier alpha value is -3.84. The predicted molar refractivity (Wildman–Crippen MR) is 120 cm³/mol. The van der Waals surface area contributed by atoms with E-state index in [9.17, 15) is 4.79 Å². The standard InChI is InChI=1S/C23H17N5OS/c1-14-20(30-23(25-14)19-11-4-5-12-24-19)22(29)26-16-8-6-7-15(13-16)21-27-17-9-2-3-10-18(17)28-21/h2-13H,1H3,(H,26,29)(H,27,28). The molecule has 0 aliphatic carbocycles. The summed E-state index contributed by atoms with van der Waals surface area (Å²) in [5, 5.41) is 3.71. The zero-order valence-electron chi connectivity index (χ0n) is 16.1. The van der Waals surface area contributed by atoms with E-state index < -0.39 is 0 Å². The van der Waals surface area contributed by atoms with Gasteiger partial charge in [0.25, 0.3) is 5.91 Å². The Kier molecular flexibility index (Phi) is 4.57. The van der Waals surface area contributed by atoms with E-state index in [4.69, 9.17) is 0 Å². The van der Waals surface area contributed by atoms with E-state index in [1.165, 1.54) is 11.3 Å². The predicted octanol–water partition coefficient (Wildman–Crippen LogP) is 5.31. The van der Waals surface area contributed by atoms with E-state index in [0.29, 0.717) is 16.3 Å². The monoisotopic (exact) mass is 411 g/mol. The van der Waals surface area contributed by atoms with Crippen molar-refractivity contribution in [2.45, 2.75) is 6.92 Å². The summed E-state index contributed by atoms with van der Waals surface area (Å²) >= 11 is 1.34. The maximum absolute atomic E-state index is 12.9. The van der Waals surface area contributed by atoms with Crippen LogP contribution < -0.4 is 5.32 Å². The van der Waals surface area contributed by atoms with Gasteiger partial charge < -0.3 is 10.3 Å². The van der Waals surface area contributed by atoms with Crippen molar-refractivity contribution >= 4 is 34.0 Å². The highest BCUT2D eigenvalue weighted by Crippen LogP contribution is 2.28. The first-order valence-corrected chi connectivity index (χ1v) is 10.2. The third-order valence-electron chi connectivity index (χ3n) is 4.67.